The molecule has 0 saturated carbocycles. The first-order chi connectivity index (χ1) is 21.5. The summed E-state index contributed by atoms with van der Waals surface area (Å²) in [5.74, 6) is 0.737. The van der Waals surface area contributed by atoms with Gasteiger partial charge in [-0.05, 0) is 73.6 Å². The molecule has 3 aromatic carbocycles. The quantitative estimate of drug-likeness (QED) is 0.157. The number of benzene rings is 3. The monoisotopic (exact) mass is 614 g/mol. The molecule has 9 heteroatoms. The molecule has 0 aliphatic carbocycles. The third-order valence-corrected chi connectivity index (χ3v) is 9.47. The van der Waals surface area contributed by atoms with Crippen molar-refractivity contribution in [1.82, 2.24) is 9.80 Å². The average molecular weight is 615 g/mol. The van der Waals surface area contributed by atoms with E-state index in [0.717, 1.165) is 68.1 Å². The molecule has 232 valence electrons. The minimum atomic E-state index is -1.13. The van der Waals surface area contributed by atoms with E-state index >= 15 is 0 Å². The lowest BCUT2D eigenvalue weighted by Gasteiger charge is -2.36. The average Bonchev–Trinajstić information content (AvgIpc) is 3.54. The molecule has 6 rings (SSSR count). The van der Waals surface area contributed by atoms with E-state index in [9.17, 15) is 9.90 Å². The Kier molecular flexibility index (Phi) is 10.1. The Morgan fingerprint density at radius 2 is 1.77 bits per heavy atom. The number of thiophene rings is 1. The number of unbranched alkanes of at least 4 members (excludes halogenated alkanes) is 1. The molecule has 0 spiro atoms. The molecule has 0 bridgehead atoms. The minimum Gasteiger partial charge on any atom is -0.494 e. The van der Waals surface area contributed by atoms with Gasteiger partial charge in [0.25, 0.3) is 0 Å². The van der Waals surface area contributed by atoms with Gasteiger partial charge in [0.05, 0.1) is 12.3 Å². The van der Waals surface area contributed by atoms with Gasteiger partial charge < -0.3 is 19.5 Å². The number of hydrogen-bond donors (Lipinski definition) is 1. The maximum absolute atomic E-state index is 12.8. The van der Waals surface area contributed by atoms with E-state index in [1.807, 2.05) is 59.9 Å². The summed E-state index contributed by atoms with van der Waals surface area (Å²) in [7, 11) is 1.79. The van der Waals surface area contributed by atoms with Crippen molar-refractivity contribution in [3.05, 3.63) is 89.3 Å². The smallest absolute Gasteiger partial charge is 0.229 e. The highest BCUT2D eigenvalue weighted by molar-refractivity contribution is 7.17. The second-order valence-corrected chi connectivity index (χ2v) is 12.6. The third-order valence-electron chi connectivity index (χ3n) is 8.58. The van der Waals surface area contributed by atoms with Crippen molar-refractivity contribution < 1.29 is 19.4 Å². The normalized spacial score (nSPS) is 16.5. The van der Waals surface area contributed by atoms with Crippen LogP contribution in [-0.2, 0) is 22.5 Å². The highest BCUT2D eigenvalue weighted by Gasteiger charge is 2.26. The molecule has 2 aliphatic rings. The molecule has 1 unspecified atom stereocenters. The minimum absolute atomic E-state index is 0.0142. The number of anilines is 2. The second-order valence-electron chi connectivity index (χ2n) is 11.6. The number of carbonyl (C=O) groups excluding carboxylic acids is 1. The Labute approximate surface area is 264 Å². The Hall–Kier alpha value is -3.47. The third kappa shape index (κ3) is 7.42. The number of ether oxygens (including phenoxy) is 2. The molecule has 0 radical (unpaired) electrons. The highest BCUT2D eigenvalue weighted by Crippen LogP contribution is 2.33. The van der Waals surface area contributed by atoms with Gasteiger partial charge in [-0.2, -0.15) is 0 Å². The molecule has 3 heterocycles. The predicted octanol–water partition coefficient (Wildman–Crippen LogP) is 5.54. The number of aryl methyl sites for hydroxylation is 1. The van der Waals surface area contributed by atoms with Crippen LogP contribution in [0.15, 0.2) is 78.2 Å². The van der Waals surface area contributed by atoms with Gasteiger partial charge in [0.15, 0.2) is 0 Å². The standard InChI is InChI=1S/C35H42N4O4S/c1-36(25-27-8-3-2-4-9-27)35(41)43-26-39-32-24-29(14-12-28(32)13-15-34(39)40)42-22-6-5-17-37-18-20-38(21-19-37)31-10-7-11-33-30(31)16-23-44-33/h2-4,7-12,14,16,23-24,35,41H,5-6,13,15,17-22,25-26H2,1H3. The molecule has 44 heavy (non-hydrogen) atoms. The molecule has 1 aromatic heterocycles. The van der Waals surface area contributed by atoms with Crippen molar-refractivity contribution in [3.63, 3.8) is 0 Å². The zero-order valence-electron chi connectivity index (χ0n) is 25.4. The lowest BCUT2D eigenvalue weighted by molar-refractivity contribution is -0.188. The summed E-state index contributed by atoms with van der Waals surface area (Å²) in [6, 6.07) is 24.7. The molecule has 1 fully saturated rings. The first kappa shape index (κ1) is 30.6. The number of fused-ring (bicyclic) bond motifs is 2. The van der Waals surface area contributed by atoms with Crippen molar-refractivity contribution in [1.29, 1.82) is 0 Å². The van der Waals surface area contributed by atoms with E-state index in [4.69, 9.17) is 9.47 Å². The lowest BCUT2D eigenvalue weighted by Crippen LogP contribution is -2.46. The Bertz CT molecular complexity index is 1520. The first-order valence-corrected chi connectivity index (χ1v) is 16.5. The zero-order valence-corrected chi connectivity index (χ0v) is 26.3. The molecular formula is C35H42N4O4S. The Balaban J connectivity index is 0.940. The highest BCUT2D eigenvalue weighted by atomic mass is 32.1. The lowest BCUT2D eigenvalue weighted by atomic mass is 10.0. The van der Waals surface area contributed by atoms with Crippen LogP contribution in [0.1, 0.15) is 30.4 Å². The number of piperazine rings is 1. The SMILES string of the molecule is CN(Cc1ccccc1)C(O)OCN1C(=O)CCc2ccc(OCCCCN3CCN(c4cccc5sccc45)CC3)cc21. The fourth-order valence-electron chi connectivity index (χ4n) is 6.06. The van der Waals surface area contributed by atoms with Crippen LogP contribution in [0.5, 0.6) is 5.75 Å². The van der Waals surface area contributed by atoms with Gasteiger partial charge in [-0.25, -0.2) is 0 Å². The number of rotatable bonds is 13. The Morgan fingerprint density at radius 1 is 0.932 bits per heavy atom. The molecule has 1 saturated heterocycles. The first-order valence-electron chi connectivity index (χ1n) is 15.6. The zero-order chi connectivity index (χ0) is 30.3. The summed E-state index contributed by atoms with van der Waals surface area (Å²) < 4.78 is 13.2. The molecule has 2 aliphatic heterocycles. The van der Waals surface area contributed by atoms with Gasteiger partial charge in [0, 0.05) is 61.0 Å². The topological polar surface area (TPSA) is 68.7 Å². The number of aliphatic hydroxyl groups excluding tert-OH is 1. The van der Waals surface area contributed by atoms with Crippen molar-refractivity contribution in [2.24, 2.45) is 0 Å². The molecule has 1 atom stereocenters. The van der Waals surface area contributed by atoms with Crippen LogP contribution in [0.4, 0.5) is 11.4 Å². The molecule has 4 aromatic rings. The number of carbonyl (C=O) groups is 1. The van der Waals surface area contributed by atoms with Crippen LogP contribution in [0.25, 0.3) is 10.1 Å². The van der Waals surface area contributed by atoms with E-state index in [0.29, 0.717) is 26.0 Å². The van der Waals surface area contributed by atoms with Crippen LogP contribution in [-0.4, -0.2) is 80.3 Å². The number of hydrogen-bond acceptors (Lipinski definition) is 8. The predicted molar refractivity (Wildman–Crippen MR) is 177 cm³/mol. The molecule has 1 N–H and O–H groups in total. The van der Waals surface area contributed by atoms with Crippen molar-refractivity contribution >= 4 is 38.7 Å². The summed E-state index contributed by atoms with van der Waals surface area (Å²) >= 11 is 1.81. The van der Waals surface area contributed by atoms with E-state index in [2.05, 4.69) is 39.4 Å². The van der Waals surface area contributed by atoms with Crippen molar-refractivity contribution in [2.45, 2.75) is 38.6 Å². The summed E-state index contributed by atoms with van der Waals surface area (Å²) in [5, 5.41) is 14.1. The summed E-state index contributed by atoms with van der Waals surface area (Å²) in [6.45, 7) is 6.49. The van der Waals surface area contributed by atoms with Gasteiger partial charge in [0.1, 0.15) is 12.5 Å². The Morgan fingerprint density at radius 3 is 2.61 bits per heavy atom. The summed E-state index contributed by atoms with van der Waals surface area (Å²) in [6.07, 6.45) is 2.03. The van der Waals surface area contributed by atoms with E-state index in [1.54, 1.807) is 16.8 Å². The maximum atomic E-state index is 12.8. The van der Waals surface area contributed by atoms with Gasteiger partial charge in [0.2, 0.25) is 12.3 Å². The summed E-state index contributed by atoms with van der Waals surface area (Å²) in [5.41, 5.74) is 4.32. The van der Waals surface area contributed by atoms with Crippen LogP contribution >= 0.6 is 11.3 Å². The number of amides is 1. The van der Waals surface area contributed by atoms with Gasteiger partial charge in [-0.15, -0.1) is 11.3 Å². The van der Waals surface area contributed by atoms with Crippen LogP contribution in [0.3, 0.4) is 0 Å². The molecule has 8 nitrogen and oxygen atoms in total. The van der Waals surface area contributed by atoms with E-state index < -0.39 is 6.41 Å². The van der Waals surface area contributed by atoms with Crippen LogP contribution < -0.4 is 14.5 Å². The maximum Gasteiger partial charge on any atom is 0.229 e. The molecular weight excluding hydrogens is 572 g/mol. The van der Waals surface area contributed by atoms with Crippen LogP contribution in [0, 0.1) is 0 Å². The largest absolute Gasteiger partial charge is 0.494 e. The van der Waals surface area contributed by atoms with Crippen molar-refractivity contribution in [2.75, 3.05) is 62.9 Å². The number of nitrogens with zero attached hydrogens (tertiary/aromatic N) is 4. The van der Waals surface area contributed by atoms with Crippen molar-refractivity contribution in [3.8, 4) is 5.75 Å². The van der Waals surface area contributed by atoms with Gasteiger partial charge in [-0.3, -0.25) is 19.5 Å². The van der Waals surface area contributed by atoms with Crippen LogP contribution in [0.2, 0.25) is 0 Å². The fourth-order valence-corrected chi connectivity index (χ4v) is 6.87. The fraction of sp³-hybridized carbons (Fsp3) is 0.400. The van der Waals surface area contributed by atoms with Gasteiger partial charge in [-0.1, -0.05) is 42.5 Å². The summed E-state index contributed by atoms with van der Waals surface area (Å²) in [4.78, 5) is 21.2. The molecule has 1 amide bonds. The van der Waals surface area contributed by atoms with E-state index in [1.165, 1.54) is 15.8 Å². The number of aliphatic hydroxyl groups is 1. The van der Waals surface area contributed by atoms with Gasteiger partial charge >= 0.3 is 0 Å². The van der Waals surface area contributed by atoms with E-state index in [-0.39, 0.29) is 12.6 Å². The second kappa shape index (κ2) is 14.5.